The first kappa shape index (κ1) is 24.0. The Kier molecular flexibility index (Phi) is 9.30. The van der Waals surface area contributed by atoms with Crippen molar-refractivity contribution < 1.29 is 15.6 Å². The summed E-state index contributed by atoms with van der Waals surface area (Å²) in [6.07, 6.45) is 10.1. The number of esters is 1. The molecule has 0 fully saturated rings. The lowest BCUT2D eigenvalue weighted by Crippen LogP contribution is -2.36. The van der Waals surface area contributed by atoms with Crippen LogP contribution in [0.15, 0.2) is 77.4 Å². The molecule has 2 aromatic carbocycles. The minimum absolute atomic E-state index is 0.569. The molecule has 0 aliphatic rings. The fourth-order valence-corrected chi connectivity index (χ4v) is 3.59. The molecule has 0 spiro atoms. The second kappa shape index (κ2) is 12.4. The van der Waals surface area contributed by atoms with E-state index in [1.165, 1.54) is 18.3 Å². The highest BCUT2D eigenvalue weighted by atomic mass is 16.6. The van der Waals surface area contributed by atoms with E-state index in [9.17, 15) is 4.79 Å². The van der Waals surface area contributed by atoms with Crippen molar-refractivity contribution in [2.24, 2.45) is 0 Å². The van der Waals surface area contributed by atoms with Crippen molar-refractivity contribution in [1.29, 1.82) is 0 Å². The lowest BCUT2D eigenvalue weighted by Gasteiger charge is -2.27. The number of rotatable bonds is 11. The third kappa shape index (κ3) is 7.20. The molecule has 0 saturated heterocycles. The first-order valence-corrected chi connectivity index (χ1v) is 11.3. The number of benzene rings is 2. The summed E-state index contributed by atoms with van der Waals surface area (Å²) >= 11 is 0. The van der Waals surface area contributed by atoms with Crippen LogP contribution >= 0.6 is 0 Å². The van der Waals surface area contributed by atoms with E-state index in [1.54, 1.807) is 13.0 Å². The van der Waals surface area contributed by atoms with Gasteiger partial charge in [-0.3, -0.25) is 0 Å². The summed E-state index contributed by atoms with van der Waals surface area (Å²) in [6.45, 7) is 8.99. The fraction of sp³-hybridized carbons (Fsp3) is 0.414. The Morgan fingerprint density at radius 3 is 2.25 bits per heavy atom. The molecule has 2 atom stereocenters. The molecule has 0 N–H and O–H groups in total. The van der Waals surface area contributed by atoms with Gasteiger partial charge >= 0.3 is 5.97 Å². The van der Waals surface area contributed by atoms with Crippen molar-refractivity contribution >= 4 is 16.7 Å². The highest BCUT2D eigenvalue weighted by Crippen LogP contribution is 2.32. The Balaban J connectivity index is 2.01. The minimum Gasteiger partial charge on any atom is -0.459 e. The average Bonchev–Trinajstić information content (AvgIpc) is 2.77. The van der Waals surface area contributed by atoms with Crippen molar-refractivity contribution in [3.05, 3.63) is 83.0 Å². The number of carbonyl (C=O) groups is 1. The van der Waals surface area contributed by atoms with E-state index in [1.807, 2.05) is 49.4 Å². The summed E-state index contributed by atoms with van der Waals surface area (Å²) in [5.41, 5.74) is 3.19. The van der Waals surface area contributed by atoms with Crippen LogP contribution in [-0.4, -0.2) is 19.7 Å². The molecule has 3 nitrogen and oxygen atoms in total. The molecule has 0 aliphatic heterocycles. The second-order valence-electron chi connectivity index (χ2n) is 8.73. The van der Waals surface area contributed by atoms with Crippen LogP contribution in [0.2, 0.25) is 0 Å². The van der Waals surface area contributed by atoms with Gasteiger partial charge in [-0.05, 0) is 77.2 Å². The molecule has 0 bridgehead atoms. The third-order valence-corrected chi connectivity index (χ3v) is 5.75. The first-order valence-electron chi connectivity index (χ1n) is 11.9. The van der Waals surface area contributed by atoms with Gasteiger partial charge in [0, 0.05) is 12.7 Å². The van der Waals surface area contributed by atoms with E-state index in [-0.39, 0.29) is 0 Å². The highest BCUT2D eigenvalue weighted by molar-refractivity contribution is 5.92. The van der Waals surface area contributed by atoms with Crippen LogP contribution in [0.25, 0.3) is 10.8 Å². The fourth-order valence-electron chi connectivity index (χ4n) is 3.59. The molecule has 0 amide bonds. The van der Waals surface area contributed by atoms with Crippen LogP contribution in [0.3, 0.4) is 0 Å². The molecule has 0 heterocycles. The normalized spacial score (nSPS) is 15.6. The maximum atomic E-state index is 13.1. The Morgan fingerprint density at radius 1 is 0.938 bits per heavy atom. The van der Waals surface area contributed by atoms with E-state index in [0.717, 1.165) is 47.6 Å². The topological polar surface area (TPSA) is 35.5 Å². The maximum absolute atomic E-state index is 13.1. The van der Waals surface area contributed by atoms with Gasteiger partial charge in [0.15, 0.2) is 5.60 Å². The lowest BCUT2D eigenvalue weighted by atomic mass is 9.90. The number of methoxy groups -OCH3 is 1. The van der Waals surface area contributed by atoms with Crippen molar-refractivity contribution in [1.82, 2.24) is 0 Å². The van der Waals surface area contributed by atoms with E-state index in [2.05, 4.69) is 32.9 Å². The Hall–Kier alpha value is -2.65. The van der Waals surface area contributed by atoms with Crippen molar-refractivity contribution in [2.75, 3.05) is 13.7 Å². The van der Waals surface area contributed by atoms with Crippen LogP contribution in [0, 0.1) is 0 Å². The molecule has 3 heteroatoms. The Morgan fingerprint density at radius 2 is 1.56 bits per heavy atom. The predicted molar refractivity (Wildman–Crippen MR) is 135 cm³/mol. The van der Waals surface area contributed by atoms with Crippen LogP contribution in [0.4, 0.5) is 0 Å². The number of hydrogen-bond acceptors (Lipinski definition) is 3. The maximum Gasteiger partial charge on any atom is 0.343 e. The Labute approximate surface area is 195 Å². The minimum atomic E-state index is -1.30. The summed E-state index contributed by atoms with van der Waals surface area (Å²) in [6, 6.07) is 13.6. The van der Waals surface area contributed by atoms with Crippen LogP contribution in [0.1, 0.15) is 67.2 Å². The number of allylic oxidation sites excluding steroid dienone is 5. The molecule has 0 radical (unpaired) electrons. The van der Waals surface area contributed by atoms with E-state index >= 15 is 0 Å². The number of hydrogen-bond donors (Lipinski definition) is 0. The summed E-state index contributed by atoms with van der Waals surface area (Å²) in [5.74, 6) is -0.569. The second-order valence-corrected chi connectivity index (χ2v) is 8.73. The third-order valence-electron chi connectivity index (χ3n) is 5.75. The van der Waals surface area contributed by atoms with Crippen molar-refractivity contribution in [3.8, 4) is 0 Å². The van der Waals surface area contributed by atoms with E-state index in [4.69, 9.17) is 10.8 Å². The zero-order valence-electron chi connectivity index (χ0n) is 21.4. The molecule has 0 unspecified atom stereocenters. The van der Waals surface area contributed by atoms with E-state index < -0.39 is 18.2 Å². The molecule has 172 valence electrons. The molecule has 32 heavy (non-hydrogen) atoms. The lowest BCUT2D eigenvalue weighted by molar-refractivity contribution is -0.167. The van der Waals surface area contributed by atoms with Gasteiger partial charge in [0.2, 0.25) is 0 Å². The van der Waals surface area contributed by atoms with Crippen LogP contribution < -0.4 is 0 Å². The molecule has 0 aromatic heterocycles. The van der Waals surface area contributed by atoms with Gasteiger partial charge in [-0.2, -0.15) is 0 Å². The van der Waals surface area contributed by atoms with Crippen LogP contribution in [-0.2, 0) is 19.9 Å². The summed E-state index contributed by atoms with van der Waals surface area (Å²) in [5, 5.41) is 1.95. The quantitative estimate of drug-likeness (QED) is 0.268. The van der Waals surface area contributed by atoms with E-state index in [0.29, 0.717) is 0 Å². The van der Waals surface area contributed by atoms with Gasteiger partial charge in [-0.25, -0.2) is 4.79 Å². The molecule has 0 aliphatic carbocycles. The molecule has 2 aromatic rings. The standard InChI is InChI=1S/C29H38O3/c1-22(2)12-9-13-23(3)14-10-15-24(4)20-21-32-28(30)29(5,31-6)27-19-11-17-25-16-7-8-18-26(25)27/h7-8,11-12,14,16-20H,9-10,13,15,21H2,1-6H3/b23-14+,24-20+/t29-/m0/s1/i21D/t21-,29-. The number of carbonyl (C=O) groups excluding carboxylic acids is 1. The molecular formula is C29H38O3. The molecule has 0 saturated carbocycles. The predicted octanol–water partition coefficient (Wildman–Crippen LogP) is 7.66. The van der Waals surface area contributed by atoms with Gasteiger partial charge < -0.3 is 9.47 Å². The number of ether oxygens (including phenoxy) is 2. The monoisotopic (exact) mass is 435 g/mol. The highest BCUT2D eigenvalue weighted by Gasteiger charge is 2.38. The zero-order valence-corrected chi connectivity index (χ0v) is 20.4. The van der Waals surface area contributed by atoms with Crippen molar-refractivity contribution in [2.45, 2.75) is 65.9 Å². The van der Waals surface area contributed by atoms with Crippen molar-refractivity contribution in [3.63, 3.8) is 0 Å². The smallest absolute Gasteiger partial charge is 0.343 e. The van der Waals surface area contributed by atoms with Gasteiger partial charge in [-0.1, -0.05) is 71.3 Å². The molecular weight excluding hydrogens is 396 g/mol. The van der Waals surface area contributed by atoms with Gasteiger partial charge in [-0.15, -0.1) is 0 Å². The summed E-state index contributed by atoms with van der Waals surface area (Å²) < 4.78 is 19.4. The molecule has 2 rings (SSSR count). The number of fused-ring (bicyclic) bond motifs is 1. The van der Waals surface area contributed by atoms with Gasteiger partial charge in [0.25, 0.3) is 0 Å². The SMILES string of the molecule is [2H][C@@H](/C=C(\C)CC/C=C(\C)CCC=C(C)C)OC(=O)[C@@](C)(OC)c1cccc2ccccc12. The largest absolute Gasteiger partial charge is 0.459 e. The first-order chi connectivity index (χ1) is 15.7. The average molecular weight is 436 g/mol. The summed E-state index contributed by atoms with van der Waals surface area (Å²) in [4.78, 5) is 13.1. The van der Waals surface area contributed by atoms with Gasteiger partial charge in [0.1, 0.15) is 6.58 Å². The summed E-state index contributed by atoms with van der Waals surface area (Å²) in [7, 11) is 1.50. The zero-order chi connectivity index (χ0) is 24.4. The van der Waals surface area contributed by atoms with Gasteiger partial charge in [0.05, 0.1) is 1.37 Å². The Bertz CT molecular complexity index is 1020. The van der Waals surface area contributed by atoms with Crippen LogP contribution in [0.5, 0.6) is 0 Å².